The number of hydrogen-bond donors (Lipinski definition) is 0. The molecule has 0 N–H and O–H groups in total. The Morgan fingerprint density at radius 1 is 1.42 bits per heavy atom. The van der Waals surface area contributed by atoms with Crippen molar-refractivity contribution in [2.24, 2.45) is 0 Å². The summed E-state index contributed by atoms with van der Waals surface area (Å²) in [6.45, 7) is 0. The molecular formula is C8H6INaO2. The standard InChI is InChI=1S/C8H6IO2.Na/c9-6-8(10)11-7-4-2-1-3-5-7;/h1-6H;. The number of benzene rings is 1. The number of hydrogen-bond acceptors (Lipinski definition) is 2. The van der Waals surface area contributed by atoms with Crippen LogP contribution in [0.3, 0.4) is 0 Å². The molecule has 0 radical (unpaired) electrons. The first-order valence-corrected chi connectivity index (χ1v) is 6.01. The molecule has 12 heavy (non-hydrogen) atoms. The maximum atomic E-state index is 11.1. The Bertz CT molecular complexity index is 261. The summed E-state index contributed by atoms with van der Waals surface area (Å²) in [7, 11) is 0. The molecule has 0 aliphatic heterocycles. The van der Waals surface area contributed by atoms with Crippen molar-refractivity contribution >= 4 is 56.5 Å². The summed E-state index contributed by atoms with van der Waals surface area (Å²) in [5.74, 6) is 0.480. The van der Waals surface area contributed by atoms with Gasteiger partial charge in [0.2, 0.25) is 0 Å². The Hall–Kier alpha value is 0.420. The van der Waals surface area contributed by atoms with Gasteiger partial charge in [0.05, 0.1) is 0 Å². The van der Waals surface area contributed by atoms with Gasteiger partial charge < -0.3 is 0 Å². The number of carbonyl (C=O) groups excluding carboxylic acids is 1. The molecule has 4 heteroatoms. The number of para-hydroxylation sites is 1. The van der Waals surface area contributed by atoms with E-state index in [-0.39, 0.29) is 7.14 Å². The Balaban J connectivity index is 2.59. The van der Waals surface area contributed by atoms with Crippen molar-refractivity contribution in [3.63, 3.8) is 0 Å². The third-order valence-corrected chi connectivity index (χ3v) is 2.27. The van der Waals surface area contributed by atoms with Crippen molar-refractivity contribution in [1.82, 2.24) is 0 Å². The molecule has 0 bridgehead atoms. The number of alkyl halides is 1. The Kier molecular flexibility index (Phi) is 4.56. The van der Waals surface area contributed by atoms with E-state index in [1.165, 1.54) is 0 Å². The van der Waals surface area contributed by atoms with Crippen molar-refractivity contribution < 1.29 is 9.53 Å². The average molecular weight is 284 g/mol. The van der Waals surface area contributed by atoms with Crippen LogP contribution < -0.4 is 4.74 Å². The molecule has 58 valence electrons. The van der Waals surface area contributed by atoms with Gasteiger partial charge in [-0.05, 0) is 0 Å². The Labute approximate surface area is 102 Å². The van der Waals surface area contributed by atoms with E-state index in [4.69, 9.17) is 4.74 Å². The van der Waals surface area contributed by atoms with Gasteiger partial charge in [-0.25, -0.2) is 0 Å². The minimum absolute atomic E-state index is 0.0304. The van der Waals surface area contributed by atoms with Gasteiger partial charge >= 0.3 is 103 Å². The van der Waals surface area contributed by atoms with E-state index in [1.54, 1.807) is 12.1 Å². The van der Waals surface area contributed by atoms with Crippen molar-refractivity contribution in [3.8, 4) is 5.75 Å². The molecule has 1 rings (SSSR count). The van der Waals surface area contributed by atoms with Crippen LogP contribution in [0.2, 0.25) is 0 Å². The van der Waals surface area contributed by atoms with Gasteiger partial charge in [-0.1, -0.05) is 0 Å². The molecule has 1 atom stereocenters. The van der Waals surface area contributed by atoms with Gasteiger partial charge in [0, 0.05) is 0 Å². The topological polar surface area (TPSA) is 26.3 Å². The second kappa shape index (κ2) is 5.21. The van der Waals surface area contributed by atoms with Gasteiger partial charge in [-0.15, -0.1) is 0 Å². The van der Waals surface area contributed by atoms with E-state index in [0.717, 1.165) is 27.9 Å². The van der Waals surface area contributed by atoms with Crippen LogP contribution in [-0.2, 0) is 4.79 Å². The van der Waals surface area contributed by atoms with Gasteiger partial charge in [0.1, 0.15) is 0 Å². The zero-order valence-electron chi connectivity index (χ0n) is 6.66. The number of esters is 1. The average Bonchev–Trinajstić information content (AvgIpc) is 2.06. The van der Waals surface area contributed by atoms with E-state index in [1.807, 2.05) is 18.2 Å². The van der Waals surface area contributed by atoms with Crippen LogP contribution in [-0.4, -0.2) is 35.1 Å². The normalized spacial score (nSPS) is 12.2. The van der Waals surface area contributed by atoms with Crippen LogP contribution >= 0.6 is 22.6 Å². The molecule has 0 aromatic heterocycles. The third kappa shape index (κ3) is 3.43. The Morgan fingerprint density at radius 2 is 2.00 bits per heavy atom. The van der Waals surface area contributed by atoms with E-state index in [2.05, 4.69) is 22.6 Å². The fourth-order valence-electron chi connectivity index (χ4n) is 0.686. The van der Waals surface area contributed by atoms with Crippen molar-refractivity contribution in [2.75, 3.05) is 0 Å². The quantitative estimate of drug-likeness (QED) is 0.271. The van der Waals surface area contributed by atoms with E-state index < -0.39 is 0 Å². The first kappa shape index (κ1) is 10.5. The molecule has 1 aromatic rings. The summed E-state index contributed by atoms with van der Waals surface area (Å²) in [5, 5.41) is 0. The molecule has 0 fully saturated rings. The first-order valence-electron chi connectivity index (χ1n) is 3.61. The monoisotopic (exact) mass is 284 g/mol. The second-order valence-corrected chi connectivity index (χ2v) is 7.72. The predicted octanol–water partition coefficient (Wildman–Crippen LogP) is 1.52. The summed E-state index contributed by atoms with van der Waals surface area (Å²) in [6.07, 6.45) is 0. The van der Waals surface area contributed by atoms with Gasteiger partial charge in [0.25, 0.3) is 0 Å². The number of rotatable bonds is 2. The molecule has 0 saturated heterocycles. The molecule has 0 amide bonds. The summed E-state index contributed by atoms with van der Waals surface area (Å²) in [6, 6.07) is 9.13. The second-order valence-electron chi connectivity index (χ2n) is 2.35. The predicted molar refractivity (Wildman–Crippen MR) is 55.6 cm³/mol. The third-order valence-electron chi connectivity index (χ3n) is 1.29. The van der Waals surface area contributed by atoms with E-state index in [9.17, 15) is 4.79 Å². The summed E-state index contributed by atoms with van der Waals surface area (Å²) in [5.41, 5.74) is 0. The van der Waals surface area contributed by atoms with Crippen LogP contribution in [0.25, 0.3) is 0 Å². The van der Waals surface area contributed by atoms with Gasteiger partial charge in [-0.3, -0.25) is 0 Å². The first-order chi connectivity index (χ1) is 5.70. The van der Waals surface area contributed by atoms with E-state index >= 15 is 0 Å². The molecule has 0 saturated carbocycles. The number of halogens is 1. The SMILES string of the molecule is O=C(Oc1ccccc1)[CH]([Na])I. The molecule has 0 spiro atoms. The molecule has 1 aromatic carbocycles. The van der Waals surface area contributed by atoms with Crippen LogP contribution in [0.1, 0.15) is 0 Å². The fourth-order valence-corrected chi connectivity index (χ4v) is 0.931. The zero-order valence-corrected chi connectivity index (χ0v) is 10.8. The maximum absolute atomic E-state index is 11.1. The number of carbonyl (C=O) groups is 1. The minimum atomic E-state index is -0.145. The van der Waals surface area contributed by atoms with Crippen LogP contribution in [0.15, 0.2) is 30.3 Å². The Morgan fingerprint density at radius 3 is 2.50 bits per heavy atom. The molecular weight excluding hydrogens is 278 g/mol. The molecule has 2 nitrogen and oxygen atoms in total. The molecule has 0 aliphatic rings. The van der Waals surface area contributed by atoms with Crippen molar-refractivity contribution in [2.45, 2.75) is 1.17 Å². The summed E-state index contributed by atoms with van der Waals surface area (Å²) in [4.78, 5) is 11.1. The van der Waals surface area contributed by atoms with Crippen molar-refractivity contribution in [3.05, 3.63) is 30.3 Å². The van der Waals surface area contributed by atoms with E-state index in [0.29, 0.717) is 5.75 Å². The molecule has 0 heterocycles. The van der Waals surface area contributed by atoms with Crippen LogP contribution in [0.5, 0.6) is 5.75 Å². The van der Waals surface area contributed by atoms with Crippen LogP contribution in [0.4, 0.5) is 0 Å². The van der Waals surface area contributed by atoms with Gasteiger partial charge in [0.15, 0.2) is 0 Å². The van der Waals surface area contributed by atoms with Crippen molar-refractivity contribution in [1.29, 1.82) is 0 Å². The summed E-state index contributed by atoms with van der Waals surface area (Å²) >= 11 is 2.91. The molecule has 0 aliphatic carbocycles. The van der Waals surface area contributed by atoms with Gasteiger partial charge in [-0.2, -0.15) is 0 Å². The zero-order chi connectivity index (χ0) is 8.97. The fraction of sp³-hybridized carbons (Fsp3) is 0.125. The number of ether oxygens (including phenoxy) is 1. The molecule has 1 unspecified atom stereocenters. The van der Waals surface area contributed by atoms with Crippen LogP contribution in [0, 0.1) is 0 Å². The summed E-state index contributed by atoms with van der Waals surface area (Å²) < 4.78 is 5.09.